The Balaban J connectivity index is 1.82. The van der Waals surface area contributed by atoms with E-state index in [0.717, 1.165) is 46.1 Å². The molecule has 0 aliphatic carbocycles. The fraction of sp³-hybridized carbons (Fsp3) is 0.217. The van der Waals surface area contributed by atoms with Gasteiger partial charge in [0.25, 0.3) is 0 Å². The zero-order valence-electron chi connectivity index (χ0n) is 16.7. The summed E-state index contributed by atoms with van der Waals surface area (Å²) < 4.78 is 5.21. The highest BCUT2D eigenvalue weighted by Crippen LogP contribution is 2.44. The molecule has 0 radical (unpaired) electrons. The van der Waals surface area contributed by atoms with Crippen molar-refractivity contribution in [2.45, 2.75) is 25.8 Å². The van der Waals surface area contributed by atoms with Crippen LogP contribution in [0, 0.1) is 0 Å². The Kier molecular flexibility index (Phi) is 4.51. The topological polar surface area (TPSA) is 82.0 Å². The van der Waals surface area contributed by atoms with Crippen molar-refractivity contribution < 1.29 is 9.84 Å². The van der Waals surface area contributed by atoms with Crippen LogP contribution in [-0.2, 0) is 0 Å². The first-order valence-corrected chi connectivity index (χ1v) is 10.2. The Bertz CT molecular complexity index is 1310. The van der Waals surface area contributed by atoms with Gasteiger partial charge in [-0.15, -0.1) is 0 Å². The number of hydrogen-bond donors (Lipinski definition) is 3. The predicted molar refractivity (Wildman–Crippen MR) is 118 cm³/mol. The summed E-state index contributed by atoms with van der Waals surface area (Å²) in [5, 5.41) is 17.3. The van der Waals surface area contributed by atoms with Gasteiger partial charge in [-0.2, -0.15) is 5.10 Å². The average Bonchev–Trinajstić information content (AvgIpc) is 3.02. The van der Waals surface area contributed by atoms with Crippen LogP contribution in [0.1, 0.15) is 42.5 Å². The molecule has 2 aliphatic rings. The van der Waals surface area contributed by atoms with Crippen LogP contribution in [0.15, 0.2) is 52.7 Å². The van der Waals surface area contributed by atoms with Crippen molar-refractivity contribution in [3.05, 3.63) is 74.9 Å². The van der Waals surface area contributed by atoms with Gasteiger partial charge in [-0.25, -0.2) is 0 Å². The number of rotatable bonds is 3. The number of aromatic nitrogens is 1. The summed E-state index contributed by atoms with van der Waals surface area (Å²) >= 11 is 6.58. The first kappa shape index (κ1) is 18.8. The molecule has 1 aromatic heterocycles. The molecule has 0 saturated carbocycles. The summed E-state index contributed by atoms with van der Waals surface area (Å²) in [6, 6.07) is 11.3. The number of hydrogen-bond acceptors (Lipinski definition) is 5. The maximum absolute atomic E-state index is 10.5. The minimum absolute atomic E-state index is 0.0787. The van der Waals surface area contributed by atoms with E-state index in [4.69, 9.17) is 21.3 Å². The monoisotopic (exact) mass is 420 g/mol. The smallest absolute Gasteiger partial charge is 0.177 e. The number of aromatic amines is 1. The number of nitrogens with one attached hydrogen (secondary N) is 2. The van der Waals surface area contributed by atoms with Crippen LogP contribution in [0.25, 0.3) is 5.57 Å². The van der Waals surface area contributed by atoms with Gasteiger partial charge in [0.05, 0.1) is 17.5 Å². The molecular weight excluding hydrogens is 400 g/mol. The molecule has 2 aliphatic heterocycles. The maximum atomic E-state index is 10.5. The molecule has 152 valence electrons. The molecular formula is C23H21ClN4O2. The van der Waals surface area contributed by atoms with E-state index in [2.05, 4.69) is 28.5 Å². The lowest BCUT2D eigenvalue weighted by atomic mass is 9.91. The molecule has 5 rings (SSSR count). The second-order valence-corrected chi connectivity index (χ2v) is 7.74. The Labute approximate surface area is 178 Å². The van der Waals surface area contributed by atoms with Gasteiger partial charge in [0.15, 0.2) is 11.5 Å². The molecule has 1 atom stereocenters. The highest BCUT2D eigenvalue weighted by atomic mass is 35.5. The van der Waals surface area contributed by atoms with Gasteiger partial charge in [-0.3, -0.25) is 10.4 Å². The molecule has 30 heavy (non-hydrogen) atoms. The quantitative estimate of drug-likeness (QED) is 0.601. The van der Waals surface area contributed by atoms with E-state index in [9.17, 15) is 5.11 Å². The third kappa shape index (κ3) is 2.79. The number of benzene rings is 2. The van der Waals surface area contributed by atoms with E-state index in [1.165, 1.54) is 12.7 Å². The van der Waals surface area contributed by atoms with Crippen molar-refractivity contribution in [2.75, 3.05) is 12.5 Å². The van der Waals surface area contributed by atoms with Crippen molar-refractivity contribution in [1.82, 2.24) is 4.98 Å². The van der Waals surface area contributed by atoms with Crippen molar-refractivity contribution in [1.29, 1.82) is 0 Å². The molecule has 1 unspecified atom stereocenters. The van der Waals surface area contributed by atoms with Crippen LogP contribution >= 0.6 is 11.6 Å². The summed E-state index contributed by atoms with van der Waals surface area (Å²) in [5.74, 6) is 1.10. The number of aromatic hydroxyl groups is 1. The number of methoxy groups -OCH3 is 1. The van der Waals surface area contributed by atoms with Gasteiger partial charge >= 0.3 is 0 Å². The largest absolute Gasteiger partial charge is 0.503 e. The van der Waals surface area contributed by atoms with E-state index in [-0.39, 0.29) is 10.8 Å². The van der Waals surface area contributed by atoms with Crippen LogP contribution in [0.4, 0.5) is 5.82 Å². The minimum atomic E-state index is -0.391. The fourth-order valence-electron chi connectivity index (χ4n) is 4.19. The Morgan fingerprint density at radius 1 is 1.20 bits per heavy atom. The first-order chi connectivity index (χ1) is 14.6. The van der Waals surface area contributed by atoms with E-state index in [1.807, 2.05) is 30.5 Å². The second-order valence-electron chi connectivity index (χ2n) is 7.36. The minimum Gasteiger partial charge on any atom is -0.503 e. The molecule has 3 N–H and O–H groups in total. The first-order valence-electron chi connectivity index (χ1n) is 9.86. The van der Waals surface area contributed by atoms with E-state index in [1.54, 1.807) is 6.07 Å². The zero-order valence-corrected chi connectivity index (χ0v) is 17.4. The molecule has 3 aromatic rings. The lowest BCUT2D eigenvalue weighted by molar-refractivity contribution is 0.373. The highest BCUT2D eigenvalue weighted by molar-refractivity contribution is 6.33. The molecule has 0 spiro atoms. The number of H-pyrrole nitrogens is 1. The van der Waals surface area contributed by atoms with Gasteiger partial charge in [-0.05, 0) is 24.1 Å². The van der Waals surface area contributed by atoms with Crippen molar-refractivity contribution >= 4 is 28.7 Å². The van der Waals surface area contributed by atoms with E-state index in [0.29, 0.717) is 11.3 Å². The van der Waals surface area contributed by atoms with Crippen LogP contribution in [0.3, 0.4) is 0 Å². The third-order valence-electron chi connectivity index (χ3n) is 5.74. The maximum Gasteiger partial charge on any atom is 0.177 e. The van der Waals surface area contributed by atoms with E-state index >= 15 is 0 Å². The molecule has 6 nitrogen and oxygen atoms in total. The number of nitrogens with zero attached hydrogens (tertiary/aromatic N) is 2. The number of ether oxygens (including phenoxy) is 1. The molecule has 0 saturated heterocycles. The number of phenolic OH excluding ortho intramolecular Hbond substituents is 1. The summed E-state index contributed by atoms with van der Waals surface area (Å²) in [6.07, 6.45) is 3.54. The molecule has 0 bridgehead atoms. The van der Waals surface area contributed by atoms with Gasteiger partial charge in [0, 0.05) is 40.2 Å². The molecule has 0 amide bonds. The van der Waals surface area contributed by atoms with Crippen molar-refractivity contribution in [2.24, 2.45) is 10.1 Å². The molecule has 2 aromatic carbocycles. The predicted octanol–water partition coefficient (Wildman–Crippen LogP) is 3.89. The van der Waals surface area contributed by atoms with Gasteiger partial charge in [0.1, 0.15) is 11.9 Å². The molecule has 3 heterocycles. The second kappa shape index (κ2) is 7.22. The lowest BCUT2D eigenvalue weighted by Crippen LogP contribution is -2.27. The standard InChI is InChI=1S/C23H21ClN4O2/c1-3-12-10-15-13-6-4-5-7-17(13)26-21(16-11-25-23(19(15)16)28-27-12)14-8-9-18(30-2)22(29)20(14)24/h4-9,11,21,25,28-29H,3,10H2,1-2H3. The SMILES string of the molecule is CCC1=NNc2[nH]cc3c2C(=c2ccccc2=NC3c2ccc(OC)c(O)c2Cl)C1. The molecule has 0 fully saturated rings. The van der Waals surface area contributed by atoms with Crippen molar-refractivity contribution in [3.8, 4) is 11.5 Å². The highest BCUT2D eigenvalue weighted by Gasteiger charge is 2.30. The van der Waals surface area contributed by atoms with E-state index < -0.39 is 6.04 Å². The number of anilines is 1. The van der Waals surface area contributed by atoms with Gasteiger partial charge in [0.2, 0.25) is 0 Å². The zero-order chi connectivity index (χ0) is 20.8. The fourth-order valence-corrected chi connectivity index (χ4v) is 4.45. The van der Waals surface area contributed by atoms with Crippen LogP contribution in [0.2, 0.25) is 5.02 Å². The van der Waals surface area contributed by atoms with Crippen LogP contribution in [0.5, 0.6) is 11.5 Å². The number of halogens is 1. The number of para-hydroxylation sites is 1. The van der Waals surface area contributed by atoms with Crippen LogP contribution < -0.4 is 20.7 Å². The van der Waals surface area contributed by atoms with Crippen LogP contribution in [-0.4, -0.2) is 22.9 Å². The number of phenols is 1. The number of fused-ring (bicyclic) bond motifs is 1. The Hall–Kier alpha value is -3.25. The third-order valence-corrected chi connectivity index (χ3v) is 6.14. The summed E-state index contributed by atoms with van der Waals surface area (Å²) in [5.41, 5.74) is 8.22. The Morgan fingerprint density at radius 2 is 2.03 bits per heavy atom. The van der Waals surface area contributed by atoms with Gasteiger partial charge < -0.3 is 14.8 Å². The molecule has 7 heteroatoms. The van der Waals surface area contributed by atoms with Crippen molar-refractivity contribution in [3.63, 3.8) is 0 Å². The average molecular weight is 421 g/mol. The summed E-state index contributed by atoms with van der Waals surface area (Å²) in [4.78, 5) is 8.40. The summed E-state index contributed by atoms with van der Waals surface area (Å²) in [6.45, 7) is 2.11. The van der Waals surface area contributed by atoms with Gasteiger partial charge in [-0.1, -0.05) is 42.8 Å². The normalized spacial score (nSPS) is 17.0. The Morgan fingerprint density at radius 3 is 2.83 bits per heavy atom. The number of hydrazone groups is 1. The lowest BCUT2D eigenvalue weighted by Gasteiger charge is -2.17. The summed E-state index contributed by atoms with van der Waals surface area (Å²) in [7, 11) is 1.50.